The largest absolute Gasteiger partial charge is 0.506 e. The third-order valence-electron chi connectivity index (χ3n) is 10.1. The summed E-state index contributed by atoms with van der Waals surface area (Å²) in [6.07, 6.45) is 4.44. The number of nitrogens with one attached hydrogen (secondary N) is 1. The number of rotatable bonds is 14. The maximum absolute atomic E-state index is 12.9. The molecule has 0 saturated heterocycles. The van der Waals surface area contributed by atoms with Gasteiger partial charge < -0.3 is 34.8 Å². The molecular formula is C37H53Cl2NO12. The summed E-state index contributed by atoms with van der Waals surface area (Å²) >= 11 is 11.7. The van der Waals surface area contributed by atoms with Crippen molar-refractivity contribution in [2.45, 2.75) is 112 Å². The fraction of sp³-hybridized carbons (Fsp3) is 0.676. The Morgan fingerprint density at radius 3 is 1.67 bits per heavy atom. The molecule has 1 aromatic carbocycles. The third-order valence-corrected chi connectivity index (χ3v) is 10.7. The lowest BCUT2D eigenvalue weighted by molar-refractivity contribution is -0.178. The van der Waals surface area contributed by atoms with Crippen LogP contribution in [0, 0.1) is 34.5 Å². The Balaban J connectivity index is 0.000000460. The number of carbonyl (C=O) groups is 6. The minimum Gasteiger partial charge on any atom is -0.506 e. The number of amides is 1. The minimum atomic E-state index is -1.13. The summed E-state index contributed by atoms with van der Waals surface area (Å²) in [5, 5.41) is 31.4. The van der Waals surface area contributed by atoms with E-state index in [0.29, 0.717) is 63.5 Å². The lowest BCUT2D eigenvalue weighted by atomic mass is 9.79. The molecule has 0 aromatic heterocycles. The summed E-state index contributed by atoms with van der Waals surface area (Å²) < 4.78 is 16.2. The molecule has 2 fully saturated rings. The van der Waals surface area contributed by atoms with Crippen molar-refractivity contribution in [2.24, 2.45) is 34.5 Å². The number of ether oxygens (including phenoxy) is 3. The second-order valence-corrected chi connectivity index (χ2v) is 15.5. The van der Waals surface area contributed by atoms with Crippen molar-refractivity contribution >= 4 is 64.6 Å². The van der Waals surface area contributed by atoms with Gasteiger partial charge in [-0.15, -0.1) is 0 Å². The molecule has 0 spiro atoms. The topological polar surface area (TPSA) is 203 Å². The molecule has 5 unspecified atom stereocenters. The SMILES string of the molecule is CCC(C)(C)C(=O)Nc1cc(Cl)c(O)cc1Cl.CCC(C)(C)C(=O)OCC(COC(=O)C1CCCCC1C(=O)O)OC(=O)C1CCCCC1C(=O)O. The highest BCUT2D eigenvalue weighted by Gasteiger charge is 2.40. The summed E-state index contributed by atoms with van der Waals surface area (Å²) in [4.78, 5) is 73.0. The first-order valence-corrected chi connectivity index (χ1v) is 18.5. The number of halogens is 2. The summed E-state index contributed by atoms with van der Waals surface area (Å²) in [7, 11) is 0. The second kappa shape index (κ2) is 20.0. The summed E-state index contributed by atoms with van der Waals surface area (Å²) in [5.74, 6) is -7.63. The molecule has 2 aliphatic carbocycles. The molecule has 0 aliphatic heterocycles. The van der Waals surface area contributed by atoms with Gasteiger partial charge in [-0.3, -0.25) is 28.8 Å². The van der Waals surface area contributed by atoms with E-state index in [1.165, 1.54) is 12.1 Å². The molecule has 1 aromatic rings. The van der Waals surface area contributed by atoms with Crippen molar-refractivity contribution in [3.05, 3.63) is 22.2 Å². The van der Waals surface area contributed by atoms with Gasteiger partial charge in [0, 0.05) is 11.5 Å². The smallest absolute Gasteiger partial charge is 0.311 e. The van der Waals surface area contributed by atoms with Crippen LogP contribution in [0.25, 0.3) is 0 Å². The molecule has 0 heterocycles. The van der Waals surface area contributed by atoms with Gasteiger partial charge in [0.25, 0.3) is 0 Å². The number of aliphatic carboxylic acids is 2. The highest BCUT2D eigenvalue weighted by Crippen LogP contribution is 2.35. The number of phenols is 1. The van der Waals surface area contributed by atoms with Crippen LogP contribution in [-0.4, -0.2) is 70.4 Å². The Labute approximate surface area is 315 Å². The molecular weight excluding hydrogens is 721 g/mol. The van der Waals surface area contributed by atoms with Crippen LogP contribution in [0.4, 0.5) is 5.69 Å². The van der Waals surface area contributed by atoms with Gasteiger partial charge in [-0.1, -0.05) is 76.6 Å². The maximum atomic E-state index is 12.9. The van der Waals surface area contributed by atoms with E-state index in [0.717, 1.165) is 6.42 Å². The number of anilines is 1. The molecule has 1 amide bonds. The van der Waals surface area contributed by atoms with Gasteiger partial charge in [-0.25, -0.2) is 0 Å². The molecule has 2 saturated carbocycles. The van der Waals surface area contributed by atoms with Crippen molar-refractivity contribution in [2.75, 3.05) is 18.5 Å². The van der Waals surface area contributed by atoms with Crippen LogP contribution in [0.1, 0.15) is 106 Å². The average Bonchev–Trinajstić information content (AvgIpc) is 3.11. The molecule has 15 heteroatoms. The van der Waals surface area contributed by atoms with Gasteiger partial charge in [0.1, 0.15) is 19.0 Å². The number of carboxylic acids is 2. The van der Waals surface area contributed by atoms with Crippen molar-refractivity contribution in [1.82, 2.24) is 0 Å². The zero-order chi connectivity index (χ0) is 39.4. The number of esters is 3. The number of carbonyl (C=O) groups excluding carboxylic acids is 4. The fourth-order valence-corrected chi connectivity index (χ4v) is 6.03. The average molecular weight is 775 g/mol. The molecule has 0 radical (unpaired) electrons. The lowest BCUT2D eigenvalue weighted by Crippen LogP contribution is -2.40. The van der Waals surface area contributed by atoms with Crippen LogP contribution in [0.5, 0.6) is 5.75 Å². The number of hydrogen-bond donors (Lipinski definition) is 4. The van der Waals surface area contributed by atoms with Crippen LogP contribution < -0.4 is 5.32 Å². The van der Waals surface area contributed by atoms with Gasteiger partial charge in [-0.05, 0) is 58.4 Å². The minimum absolute atomic E-state index is 0.107. The van der Waals surface area contributed by atoms with E-state index < -0.39 is 77.1 Å². The zero-order valence-corrected chi connectivity index (χ0v) is 32.3. The van der Waals surface area contributed by atoms with E-state index in [1.54, 1.807) is 13.8 Å². The van der Waals surface area contributed by atoms with E-state index in [9.17, 15) is 44.1 Å². The highest BCUT2D eigenvalue weighted by atomic mass is 35.5. The molecule has 2 aliphatic rings. The molecule has 292 valence electrons. The van der Waals surface area contributed by atoms with E-state index >= 15 is 0 Å². The van der Waals surface area contributed by atoms with Crippen LogP contribution in [0.3, 0.4) is 0 Å². The van der Waals surface area contributed by atoms with Gasteiger partial charge in [-0.2, -0.15) is 0 Å². The summed E-state index contributed by atoms with van der Waals surface area (Å²) in [6.45, 7) is 10.1. The number of benzene rings is 1. The Bertz CT molecular complexity index is 1450. The molecule has 4 N–H and O–H groups in total. The molecule has 13 nitrogen and oxygen atoms in total. The number of aromatic hydroxyl groups is 1. The van der Waals surface area contributed by atoms with E-state index in [4.69, 9.17) is 37.4 Å². The number of phenolic OH excluding ortho intramolecular Hbond substituents is 1. The number of hydrogen-bond acceptors (Lipinski definition) is 10. The summed E-state index contributed by atoms with van der Waals surface area (Å²) in [6, 6.07) is 2.74. The van der Waals surface area contributed by atoms with Gasteiger partial charge in [0.2, 0.25) is 5.91 Å². The lowest BCUT2D eigenvalue weighted by Gasteiger charge is -2.30. The molecule has 3 rings (SSSR count). The Hall–Kier alpha value is -3.58. The van der Waals surface area contributed by atoms with Crippen molar-refractivity contribution in [3.63, 3.8) is 0 Å². The first-order valence-electron chi connectivity index (χ1n) is 17.7. The van der Waals surface area contributed by atoms with Crippen LogP contribution in [0.15, 0.2) is 12.1 Å². The Morgan fingerprint density at radius 2 is 1.19 bits per heavy atom. The second-order valence-electron chi connectivity index (χ2n) is 14.7. The quantitative estimate of drug-likeness (QED) is 0.0837. The highest BCUT2D eigenvalue weighted by molar-refractivity contribution is 6.36. The van der Waals surface area contributed by atoms with Crippen LogP contribution in [-0.2, 0) is 43.0 Å². The first-order chi connectivity index (χ1) is 24.2. The van der Waals surface area contributed by atoms with Crippen molar-refractivity contribution in [1.29, 1.82) is 0 Å². The van der Waals surface area contributed by atoms with Gasteiger partial charge in [0.05, 0.1) is 44.8 Å². The third kappa shape index (κ3) is 12.8. The standard InChI is InChI=1S/C25H38O10.C12H15Cl2NO2/c1-4-25(2,3)24(32)34-14-15(35-23(31)19-12-8-6-10-17(19)21(28)29)13-33-22(30)18-11-7-5-9-16(18)20(26)27;1-4-12(2,3)11(17)15-9-5-8(14)10(16)6-7(9)13/h15-19H,4-14H2,1-3H3,(H,26,27)(H,28,29);5-6,16H,4H2,1-3H3,(H,15,17). The first kappa shape index (κ1) is 44.6. The van der Waals surface area contributed by atoms with E-state index in [2.05, 4.69) is 5.32 Å². The normalized spacial score (nSPS) is 21.0. The van der Waals surface area contributed by atoms with Crippen LogP contribution >= 0.6 is 23.2 Å². The molecule has 5 atom stereocenters. The van der Waals surface area contributed by atoms with Crippen molar-refractivity contribution in [3.8, 4) is 5.75 Å². The Kier molecular flexibility index (Phi) is 17.2. The maximum Gasteiger partial charge on any atom is 0.311 e. The predicted octanol–water partition coefficient (Wildman–Crippen LogP) is 7.28. The predicted molar refractivity (Wildman–Crippen MR) is 193 cm³/mol. The van der Waals surface area contributed by atoms with Crippen LogP contribution in [0.2, 0.25) is 10.0 Å². The van der Waals surface area contributed by atoms with Crippen molar-refractivity contribution < 1.29 is 58.3 Å². The Morgan fingerprint density at radius 1 is 0.731 bits per heavy atom. The monoisotopic (exact) mass is 773 g/mol. The summed E-state index contributed by atoms with van der Waals surface area (Å²) in [5.41, 5.74) is -0.839. The molecule has 52 heavy (non-hydrogen) atoms. The number of carboxylic acid groups (broad SMARTS) is 2. The van der Waals surface area contributed by atoms with Gasteiger partial charge >= 0.3 is 29.8 Å². The molecule has 0 bridgehead atoms. The van der Waals surface area contributed by atoms with E-state index in [-0.39, 0.29) is 28.3 Å². The van der Waals surface area contributed by atoms with E-state index in [1.807, 2.05) is 27.7 Å². The fourth-order valence-electron chi connectivity index (χ4n) is 5.66. The van der Waals surface area contributed by atoms with Gasteiger partial charge in [0.15, 0.2) is 6.10 Å². The zero-order valence-electron chi connectivity index (χ0n) is 30.8.